The molecule has 1 aromatic rings. The minimum atomic E-state index is -0.185. The fourth-order valence-corrected chi connectivity index (χ4v) is 1.75. The Labute approximate surface area is 110 Å². The number of halogens is 1. The van der Waals surface area contributed by atoms with Gasteiger partial charge in [-0.3, -0.25) is 0 Å². The topological polar surface area (TPSA) is 21.3 Å². The standard InChI is InChI=1S/C15H24FNO/c1-4-9-17-15(11-18-12(2)3)10-13-5-7-14(16)8-6-13/h5-8,12,15,17H,4,9-11H2,1-3H3. The Kier molecular flexibility index (Phi) is 6.91. The van der Waals surface area contributed by atoms with Crippen LogP contribution in [0.3, 0.4) is 0 Å². The van der Waals surface area contributed by atoms with Gasteiger partial charge in [0, 0.05) is 6.04 Å². The second-order valence-corrected chi connectivity index (χ2v) is 4.86. The first kappa shape index (κ1) is 15.1. The third-order valence-electron chi connectivity index (χ3n) is 2.71. The molecule has 1 atom stereocenters. The number of hydrogen-bond acceptors (Lipinski definition) is 2. The van der Waals surface area contributed by atoms with E-state index >= 15 is 0 Å². The Hall–Kier alpha value is -0.930. The fraction of sp³-hybridized carbons (Fsp3) is 0.600. The molecular weight excluding hydrogens is 229 g/mol. The Bertz CT molecular complexity index is 324. The molecule has 1 aromatic carbocycles. The summed E-state index contributed by atoms with van der Waals surface area (Å²) in [6, 6.07) is 6.99. The second-order valence-electron chi connectivity index (χ2n) is 4.86. The highest BCUT2D eigenvalue weighted by atomic mass is 19.1. The lowest BCUT2D eigenvalue weighted by atomic mass is 10.1. The highest BCUT2D eigenvalue weighted by molar-refractivity contribution is 5.17. The van der Waals surface area contributed by atoms with Crippen LogP contribution in [0.4, 0.5) is 4.39 Å². The number of nitrogens with one attached hydrogen (secondary N) is 1. The van der Waals surface area contributed by atoms with Crippen molar-refractivity contribution in [1.82, 2.24) is 5.32 Å². The predicted octanol–water partition coefficient (Wildman–Crippen LogP) is 3.16. The van der Waals surface area contributed by atoms with Crippen molar-refractivity contribution in [2.45, 2.75) is 45.8 Å². The van der Waals surface area contributed by atoms with E-state index in [1.807, 2.05) is 26.0 Å². The van der Waals surface area contributed by atoms with Gasteiger partial charge in [0.15, 0.2) is 0 Å². The molecule has 1 rings (SSSR count). The summed E-state index contributed by atoms with van der Waals surface area (Å²) in [4.78, 5) is 0. The SMILES string of the molecule is CCCNC(COC(C)C)Cc1ccc(F)cc1. The Balaban J connectivity index is 2.50. The zero-order chi connectivity index (χ0) is 13.4. The Morgan fingerprint density at radius 3 is 2.44 bits per heavy atom. The van der Waals surface area contributed by atoms with Gasteiger partial charge in [0.1, 0.15) is 5.82 Å². The van der Waals surface area contributed by atoms with Crippen LogP contribution in [-0.2, 0) is 11.2 Å². The third kappa shape index (κ3) is 6.12. The molecule has 2 nitrogen and oxygen atoms in total. The number of benzene rings is 1. The molecule has 0 heterocycles. The largest absolute Gasteiger partial charge is 0.377 e. The molecule has 0 spiro atoms. The zero-order valence-corrected chi connectivity index (χ0v) is 11.6. The molecule has 0 aliphatic rings. The molecule has 1 N–H and O–H groups in total. The molecule has 0 saturated carbocycles. The van der Waals surface area contributed by atoms with Crippen molar-refractivity contribution < 1.29 is 9.13 Å². The van der Waals surface area contributed by atoms with Gasteiger partial charge in [0.05, 0.1) is 12.7 Å². The van der Waals surface area contributed by atoms with E-state index in [9.17, 15) is 4.39 Å². The first-order chi connectivity index (χ1) is 8.61. The summed E-state index contributed by atoms with van der Waals surface area (Å²) in [5.41, 5.74) is 1.14. The van der Waals surface area contributed by atoms with Crippen LogP contribution in [-0.4, -0.2) is 25.3 Å². The van der Waals surface area contributed by atoms with Gasteiger partial charge in [0.25, 0.3) is 0 Å². The van der Waals surface area contributed by atoms with Gasteiger partial charge >= 0.3 is 0 Å². The van der Waals surface area contributed by atoms with Crippen LogP contribution in [0.1, 0.15) is 32.8 Å². The molecule has 3 heteroatoms. The highest BCUT2D eigenvalue weighted by Crippen LogP contribution is 2.07. The van der Waals surface area contributed by atoms with Crippen molar-refractivity contribution in [3.05, 3.63) is 35.6 Å². The molecule has 0 bridgehead atoms. The van der Waals surface area contributed by atoms with E-state index in [-0.39, 0.29) is 18.0 Å². The fourth-order valence-electron chi connectivity index (χ4n) is 1.75. The van der Waals surface area contributed by atoms with Gasteiger partial charge in [0.2, 0.25) is 0 Å². The number of rotatable bonds is 8. The maximum absolute atomic E-state index is 12.8. The van der Waals surface area contributed by atoms with Gasteiger partial charge in [-0.15, -0.1) is 0 Å². The van der Waals surface area contributed by atoms with Crippen LogP contribution in [0.15, 0.2) is 24.3 Å². The normalized spacial score (nSPS) is 12.9. The molecule has 18 heavy (non-hydrogen) atoms. The lowest BCUT2D eigenvalue weighted by Gasteiger charge is -2.20. The Morgan fingerprint density at radius 2 is 1.89 bits per heavy atom. The summed E-state index contributed by atoms with van der Waals surface area (Å²) in [5, 5.41) is 3.47. The third-order valence-corrected chi connectivity index (χ3v) is 2.71. The maximum Gasteiger partial charge on any atom is 0.123 e. The molecule has 1 unspecified atom stereocenters. The summed E-state index contributed by atoms with van der Waals surface area (Å²) < 4.78 is 18.5. The summed E-state index contributed by atoms with van der Waals surface area (Å²) in [6.45, 7) is 7.89. The molecule has 0 aliphatic heterocycles. The van der Waals surface area contributed by atoms with Crippen molar-refractivity contribution in [3.63, 3.8) is 0 Å². The summed E-state index contributed by atoms with van der Waals surface area (Å²) in [7, 11) is 0. The van der Waals surface area contributed by atoms with E-state index < -0.39 is 0 Å². The molecule has 0 aromatic heterocycles. The van der Waals surface area contributed by atoms with Gasteiger partial charge in [-0.25, -0.2) is 4.39 Å². The van der Waals surface area contributed by atoms with Gasteiger partial charge in [-0.05, 0) is 50.9 Å². The number of ether oxygens (including phenoxy) is 1. The highest BCUT2D eigenvalue weighted by Gasteiger charge is 2.10. The molecule has 0 fully saturated rings. The predicted molar refractivity (Wildman–Crippen MR) is 73.3 cm³/mol. The van der Waals surface area contributed by atoms with Crippen molar-refractivity contribution in [2.24, 2.45) is 0 Å². The van der Waals surface area contributed by atoms with E-state index in [1.165, 1.54) is 12.1 Å². The summed E-state index contributed by atoms with van der Waals surface area (Å²) in [5.74, 6) is -0.185. The monoisotopic (exact) mass is 253 g/mol. The lowest BCUT2D eigenvalue weighted by molar-refractivity contribution is 0.0613. The minimum Gasteiger partial charge on any atom is -0.377 e. The lowest BCUT2D eigenvalue weighted by Crippen LogP contribution is -2.36. The van der Waals surface area contributed by atoms with E-state index in [1.54, 1.807) is 0 Å². The van der Waals surface area contributed by atoms with Crippen molar-refractivity contribution in [1.29, 1.82) is 0 Å². The number of hydrogen-bond donors (Lipinski definition) is 1. The zero-order valence-electron chi connectivity index (χ0n) is 11.6. The summed E-state index contributed by atoms with van der Waals surface area (Å²) in [6.07, 6.45) is 2.21. The molecule has 102 valence electrons. The van der Waals surface area contributed by atoms with Crippen LogP contribution in [0.5, 0.6) is 0 Å². The van der Waals surface area contributed by atoms with Crippen LogP contribution in [0.25, 0.3) is 0 Å². The first-order valence-corrected chi connectivity index (χ1v) is 6.71. The molecule has 0 amide bonds. The van der Waals surface area contributed by atoms with Crippen molar-refractivity contribution in [2.75, 3.05) is 13.2 Å². The second kappa shape index (κ2) is 8.22. The van der Waals surface area contributed by atoms with Gasteiger partial charge in [-0.2, -0.15) is 0 Å². The van der Waals surface area contributed by atoms with Gasteiger partial charge in [-0.1, -0.05) is 19.1 Å². The average molecular weight is 253 g/mol. The van der Waals surface area contributed by atoms with Crippen molar-refractivity contribution in [3.8, 4) is 0 Å². The first-order valence-electron chi connectivity index (χ1n) is 6.71. The molecule has 0 aliphatic carbocycles. The van der Waals surface area contributed by atoms with E-state index in [2.05, 4.69) is 12.2 Å². The maximum atomic E-state index is 12.8. The van der Waals surface area contributed by atoms with Crippen LogP contribution >= 0.6 is 0 Å². The van der Waals surface area contributed by atoms with Crippen LogP contribution in [0.2, 0.25) is 0 Å². The Morgan fingerprint density at radius 1 is 1.22 bits per heavy atom. The van der Waals surface area contributed by atoms with Gasteiger partial charge < -0.3 is 10.1 Å². The minimum absolute atomic E-state index is 0.185. The summed E-state index contributed by atoms with van der Waals surface area (Å²) >= 11 is 0. The van der Waals surface area contributed by atoms with E-state index in [0.717, 1.165) is 24.9 Å². The molecule has 0 radical (unpaired) electrons. The van der Waals surface area contributed by atoms with E-state index in [0.29, 0.717) is 6.61 Å². The molecular formula is C15H24FNO. The van der Waals surface area contributed by atoms with Crippen LogP contribution < -0.4 is 5.32 Å². The smallest absolute Gasteiger partial charge is 0.123 e. The average Bonchev–Trinajstić information content (AvgIpc) is 2.35. The molecule has 0 saturated heterocycles. The van der Waals surface area contributed by atoms with Crippen molar-refractivity contribution >= 4 is 0 Å². The quantitative estimate of drug-likeness (QED) is 0.768. The van der Waals surface area contributed by atoms with E-state index in [4.69, 9.17) is 4.74 Å². The van der Waals surface area contributed by atoms with Crippen LogP contribution in [0, 0.1) is 5.82 Å².